The second-order valence-corrected chi connectivity index (χ2v) is 5.40. The first kappa shape index (κ1) is 10.9. The Kier molecular flexibility index (Phi) is 3.29. The summed E-state index contributed by atoms with van der Waals surface area (Å²) in [5, 5.41) is 3.54. The average molecular weight is 209 g/mol. The molecule has 0 unspecified atom stereocenters. The van der Waals surface area contributed by atoms with E-state index in [0.29, 0.717) is 5.41 Å². The molecule has 0 atom stereocenters. The van der Waals surface area contributed by atoms with Crippen LogP contribution >= 0.6 is 0 Å². The van der Waals surface area contributed by atoms with Gasteiger partial charge in [-0.25, -0.2) is 0 Å². The van der Waals surface area contributed by atoms with Crippen molar-refractivity contribution >= 4 is 5.84 Å². The molecule has 0 saturated carbocycles. The summed E-state index contributed by atoms with van der Waals surface area (Å²) in [5.74, 6) is 1.25. The maximum absolute atomic E-state index is 4.46. The van der Waals surface area contributed by atoms with Crippen molar-refractivity contribution in [2.75, 3.05) is 33.2 Å². The van der Waals surface area contributed by atoms with Crippen LogP contribution in [0.4, 0.5) is 0 Å². The van der Waals surface area contributed by atoms with Crippen molar-refractivity contribution in [2.24, 2.45) is 10.4 Å². The van der Waals surface area contributed by atoms with Crippen LogP contribution in [0, 0.1) is 5.41 Å². The van der Waals surface area contributed by atoms with Gasteiger partial charge in [-0.05, 0) is 44.8 Å². The lowest BCUT2D eigenvalue weighted by atomic mass is 9.80. The van der Waals surface area contributed by atoms with Gasteiger partial charge in [0.25, 0.3) is 0 Å². The van der Waals surface area contributed by atoms with E-state index < -0.39 is 0 Å². The Morgan fingerprint density at radius 1 is 1.40 bits per heavy atom. The number of hydrogen-bond donors (Lipinski definition) is 1. The molecule has 2 heterocycles. The Hall–Kier alpha value is -0.570. The molecule has 86 valence electrons. The van der Waals surface area contributed by atoms with Crippen molar-refractivity contribution < 1.29 is 0 Å². The van der Waals surface area contributed by atoms with Gasteiger partial charge >= 0.3 is 0 Å². The number of hydrogen-bond acceptors (Lipinski definition) is 3. The summed E-state index contributed by atoms with van der Waals surface area (Å²) in [5.41, 5.74) is 0.484. The zero-order valence-corrected chi connectivity index (χ0v) is 10.1. The Bertz CT molecular complexity index is 239. The molecule has 0 aromatic rings. The molecular weight excluding hydrogens is 186 g/mol. The Balaban J connectivity index is 1.77. The summed E-state index contributed by atoms with van der Waals surface area (Å²) in [6.07, 6.45) is 5.02. The Morgan fingerprint density at radius 2 is 2.13 bits per heavy atom. The van der Waals surface area contributed by atoms with Crippen LogP contribution in [0.15, 0.2) is 4.99 Å². The highest BCUT2D eigenvalue weighted by Gasteiger charge is 2.28. The normalized spacial score (nSPS) is 26.4. The monoisotopic (exact) mass is 209 g/mol. The van der Waals surface area contributed by atoms with E-state index in [9.17, 15) is 0 Å². The highest BCUT2D eigenvalue weighted by molar-refractivity contribution is 5.83. The van der Waals surface area contributed by atoms with Gasteiger partial charge in [-0.15, -0.1) is 0 Å². The van der Waals surface area contributed by atoms with E-state index in [0.717, 1.165) is 19.5 Å². The lowest BCUT2D eigenvalue weighted by Crippen LogP contribution is -2.43. The summed E-state index contributed by atoms with van der Waals surface area (Å²) < 4.78 is 0. The molecule has 0 amide bonds. The van der Waals surface area contributed by atoms with Crippen molar-refractivity contribution in [2.45, 2.75) is 32.6 Å². The van der Waals surface area contributed by atoms with E-state index in [1.165, 1.54) is 38.2 Å². The van der Waals surface area contributed by atoms with Crippen molar-refractivity contribution in [3.8, 4) is 0 Å². The van der Waals surface area contributed by atoms with Gasteiger partial charge in [0, 0.05) is 19.5 Å². The maximum Gasteiger partial charge on any atom is 0.0963 e. The van der Waals surface area contributed by atoms with Gasteiger partial charge in [0.15, 0.2) is 0 Å². The number of piperidine rings is 1. The van der Waals surface area contributed by atoms with E-state index in [4.69, 9.17) is 0 Å². The predicted molar refractivity (Wildman–Crippen MR) is 64.4 cm³/mol. The van der Waals surface area contributed by atoms with Gasteiger partial charge in [0.05, 0.1) is 5.84 Å². The molecule has 1 fully saturated rings. The minimum Gasteiger partial charge on any atom is -0.373 e. The molecule has 2 rings (SSSR count). The molecule has 0 spiro atoms. The lowest BCUT2D eigenvalue weighted by Gasteiger charge is -2.38. The van der Waals surface area contributed by atoms with E-state index >= 15 is 0 Å². The topological polar surface area (TPSA) is 27.6 Å². The molecule has 3 nitrogen and oxygen atoms in total. The van der Waals surface area contributed by atoms with Crippen molar-refractivity contribution in [3.05, 3.63) is 0 Å². The van der Waals surface area contributed by atoms with Crippen LogP contribution in [-0.4, -0.2) is 44.0 Å². The maximum atomic E-state index is 4.46. The minimum atomic E-state index is 0.484. The fraction of sp³-hybridized carbons (Fsp3) is 0.917. The van der Waals surface area contributed by atoms with Crippen LogP contribution in [0.25, 0.3) is 0 Å². The van der Waals surface area contributed by atoms with Crippen LogP contribution in [-0.2, 0) is 0 Å². The third kappa shape index (κ3) is 2.94. The lowest BCUT2D eigenvalue weighted by molar-refractivity contribution is 0.142. The van der Waals surface area contributed by atoms with Crippen LogP contribution in [0.5, 0.6) is 0 Å². The zero-order chi connectivity index (χ0) is 10.7. The van der Waals surface area contributed by atoms with Crippen LogP contribution in [0.1, 0.15) is 32.6 Å². The summed E-state index contributed by atoms with van der Waals surface area (Å²) in [6.45, 7) is 7.03. The molecule has 2 aliphatic heterocycles. The first-order valence-corrected chi connectivity index (χ1v) is 6.14. The van der Waals surface area contributed by atoms with E-state index in [-0.39, 0.29) is 0 Å². The van der Waals surface area contributed by atoms with Gasteiger partial charge < -0.3 is 10.2 Å². The molecule has 0 aromatic heterocycles. The quantitative estimate of drug-likeness (QED) is 0.746. The van der Waals surface area contributed by atoms with E-state index in [1.807, 2.05) is 0 Å². The van der Waals surface area contributed by atoms with Crippen LogP contribution < -0.4 is 5.32 Å². The van der Waals surface area contributed by atoms with Gasteiger partial charge in [0.2, 0.25) is 0 Å². The number of likely N-dealkylation sites (tertiary alicyclic amines) is 1. The molecular formula is C12H23N3. The SMILES string of the molecule is CN1CCC(C)(CNC2=NCCC2)CC1. The van der Waals surface area contributed by atoms with Gasteiger partial charge in [-0.1, -0.05) is 6.92 Å². The summed E-state index contributed by atoms with van der Waals surface area (Å²) in [4.78, 5) is 6.89. The van der Waals surface area contributed by atoms with Crippen molar-refractivity contribution in [1.82, 2.24) is 10.2 Å². The first-order valence-electron chi connectivity index (χ1n) is 6.14. The summed E-state index contributed by atoms with van der Waals surface area (Å²) in [6, 6.07) is 0. The van der Waals surface area contributed by atoms with Crippen molar-refractivity contribution in [3.63, 3.8) is 0 Å². The first-order chi connectivity index (χ1) is 7.18. The molecule has 0 radical (unpaired) electrons. The third-order valence-corrected chi connectivity index (χ3v) is 3.79. The van der Waals surface area contributed by atoms with Crippen molar-refractivity contribution in [1.29, 1.82) is 0 Å². The largest absolute Gasteiger partial charge is 0.373 e. The number of aliphatic imine (C=N–C) groups is 1. The van der Waals surface area contributed by atoms with Gasteiger partial charge in [0.1, 0.15) is 0 Å². The third-order valence-electron chi connectivity index (χ3n) is 3.79. The molecule has 0 bridgehead atoms. The van der Waals surface area contributed by atoms with Gasteiger partial charge in [-0.3, -0.25) is 4.99 Å². The zero-order valence-electron chi connectivity index (χ0n) is 10.1. The highest BCUT2D eigenvalue weighted by atomic mass is 15.1. The van der Waals surface area contributed by atoms with E-state index in [2.05, 4.69) is 29.2 Å². The molecule has 0 aromatic carbocycles. The Morgan fingerprint density at radius 3 is 2.73 bits per heavy atom. The fourth-order valence-electron chi connectivity index (χ4n) is 2.33. The second-order valence-electron chi connectivity index (χ2n) is 5.40. The molecule has 0 aliphatic carbocycles. The number of nitrogens with zero attached hydrogens (tertiary/aromatic N) is 2. The summed E-state index contributed by atoms with van der Waals surface area (Å²) >= 11 is 0. The smallest absolute Gasteiger partial charge is 0.0963 e. The molecule has 1 N–H and O–H groups in total. The second kappa shape index (κ2) is 4.52. The van der Waals surface area contributed by atoms with Gasteiger partial charge in [-0.2, -0.15) is 0 Å². The molecule has 2 aliphatic rings. The summed E-state index contributed by atoms with van der Waals surface area (Å²) in [7, 11) is 2.22. The average Bonchev–Trinajstić information content (AvgIpc) is 2.73. The molecule has 1 saturated heterocycles. The highest BCUT2D eigenvalue weighted by Crippen LogP contribution is 2.29. The molecule has 15 heavy (non-hydrogen) atoms. The van der Waals surface area contributed by atoms with E-state index in [1.54, 1.807) is 0 Å². The number of nitrogens with one attached hydrogen (secondary N) is 1. The number of amidine groups is 1. The Labute approximate surface area is 92.9 Å². The number of rotatable bonds is 2. The predicted octanol–water partition coefficient (Wildman–Crippen LogP) is 1.50. The van der Waals surface area contributed by atoms with Crippen LogP contribution in [0.2, 0.25) is 0 Å². The molecule has 3 heteroatoms. The van der Waals surface area contributed by atoms with Crippen LogP contribution in [0.3, 0.4) is 0 Å². The standard InChI is InChI=1S/C12H23N3/c1-12(5-8-15(2)9-6-12)10-14-11-4-3-7-13-11/h3-10H2,1-2H3,(H,13,14). The fourth-order valence-corrected chi connectivity index (χ4v) is 2.33. The minimum absolute atomic E-state index is 0.484.